The van der Waals surface area contributed by atoms with Gasteiger partial charge in [-0.2, -0.15) is 0 Å². The monoisotopic (exact) mass is 302 g/mol. The molecule has 0 atom stereocenters. The van der Waals surface area contributed by atoms with Crippen molar-refractivity contribution in [1.82, 2.24) is 4.98 Å². The number of nitrogens with zero attached hydrogens (tertiary/aromatic N) is 1. The summed E-state index contributed by atoms with van der Waals surface area (Å²) in [5.41, 5.74) is 6.37. The van der Waals surface area contributed by atoms with Crippen molar-refractivity contribution in [3.8, 4) is 11.6 Å². The third-order valence-corrected chi connectivity index (χ3v) is 3.06. The zero-order chi connectivity index (χ0) is 13.1. The molecule has 2 N–H and O–H groups in total. The van der Waals surface area contributed by atoms with E-state index in [2.05, 4.69) is 4.98 Å². The maximum atomic E-state index is 6.03. The topological polar surface area (TPSA) is 48.1 Å². The smallest absolute Gasteiger partial charge is 0.238 e. The van der Waals surface area contributed by atoms with Crippen LogP contribution in [0.5, 0.6) is 11.6 Å². The van der Waals surface area contributed by atoms with Crippen molar-refractivity contribution in [1.29, 1.82) is 0 Å². The van der Waals surface area contributed by atoms with E-state index in [1.165, 1.54) is 6.20 Å². The first-order valence-corrected chi connectivity index (χ1v) is 6.21. The van der Waals surface area contributed by atoms with Crippen molar-refractivity contribution in [2.75, 3.05) is 0 Å². The molecule has 0 saturated heterocycles. The molecule has 3 nitrogen and oxygen atoms in total. The standard InChI is InChI=1S/C12H9Cl3N2O/c13-8-3-11(15)12(17-6-8)18-9-2-1-7(5-16)10(14)4-9/h1-4,6H,5,16H2. The number of pyridine rings is 1. The summed E-state index contributed by atoms with van der Waals surface area (Å²) in [4.78, 5) is 3.99. The normalized spacial score (nSPS) is 10.4. The van der Waals surface area contributed by atoms with Crippen LogP contribution in [0.15, 0.2) is 30.5 Å². The quantitative estimate of drug-likeness (QED) is 0.920. The summed E-state index contributed by atoms with van der Waals surface area (Å²) in [7, 11) is 0. The summed E-state index contributed by atoms with van der Waals surface area (Å²) in [5.74, 6) is 0.812. The predicted molar refractivity (Wildman–Crippen MR) is 73.7 cm³/mol. The molecule has 0 amide bonds. The van der Waals surface area contributed by atoms with Crippen LogP contribution >= 0.6 is 34.8 Å². The summed E-state index contributed by atoms with van der Waals surface area (Å²) in [6.07, 6.45) is 1.46. The SMILES string of the molecule is NCc1ccc(Oc2ncc(Cl)cc2Cl)cc1Cl. The Morgan fingerprint density at radius 2 is 1.89 bits per heavy atom. The minimum atomic E-state index is 0.276. The first-order valence-electron chi connectivity index (χ1n) is 5.07. The zero-order valence-corrected chi connectivity index (χ0v) is 11.4. The van der Waals surface area contributed by atoms with Gasteiger partial charge in [0.25, 0.3) is 0 Å². The number of hydrogen-bond donors (Lipinski definition) is 1. The third-order valence-electron chi connectivity index (χ3n) is 2.23. The van der Waals surface area contributed by atoms with Crippen LogP contribution in [0.25, 0.3) is 0 Å². The van der Waals surface area contributed by atoms with Crippen LogP contribution in [0.4, 0.5) is 0 Å². The fraction of sp³-hybridized carbons (Fsp3) is 0.0833. The fourth-order valence-electron chi connectivity index (χ4n) is 1.35. The Hall–Kier alpha value is -1.000. The fourth-order valence-corrected chi connectivity index (χ4v) is 2.01. The van der Waals surface area contributed by atoms with Crippen molar-refractivity contribution in [3.63, 3.8) is 0 Å². The maximum absolute atomic E-state index is 6.03. The average Bonchev–Trinajstić information content (AvgIpc) is 2.33. The highest BCUT2D eigenvalue weighted by atomic mass is 35.5. The highest BCUT2D eigenvalue weighted by Gasteiger charge is 2.07. The lowest BCUT2D eigenvalue weighted by molar-refractivity contribution is 0.463. The van der Waals surface area contributed by atoms with Gasteiger partial charge in [-0.3, -0.25) is 0 Å². The molecular weight excluding hydrogens is 295 g/mol. The molecule has 0 aliphatic carbocycles. The van der Waals surface area contributed by atoms with E-state index in [0.717, 1.165) is 5.56 Å². The van der Waals surface area contributed by atoms with Gasteiger partial charge in [0, 0.05) is 17.8 Å². The van der Waals surface area contributed by atoms with Gasteiger partial charge in [0.2, 0.25) is 5.88 Å². The molecular formula is C12H9Cl3N2O. The number of hydrogen-bond acceptors (Lipinski definition) is 3. The molecule has 1 aromatic heterocycles. The molecule has 18 heavy (non-hydrogen) atoms. The molecule has 0 saturated carbocycles. The van der Waals surface area contributed by atoms with Crippen LogP contribution in [-0.4, -0.2) is 4.98 Å². The molecule has 0 radical (unpaired) electrons. The van der Waals surface area contributed by atoms with Crippen molar-refractivity contribution < 1.29 is 4.74 Å². The Bertz CT molecular complexity index is 575. The second-order valence-electron chi connectivity index (χ2n) is 3.50. The van der Waals surface area contributed by atoms with Crippen LogP contribution in [0.3, 0.4) is 0 Å². The van der Waals surface area contributed by atoms with Gasteiger partial charge in [-0.25, -0.2) is 4.98 Å². The van der Waals surface area contributed by atoms with E-state index in [9.17, 15) is 0 Å². The van der Waals surface area contributed by atoms with Gasteiger partial charge in [0.15, 0.2) is 0 Å². The van der Waals surface area contributed by atoms with Crippen LogP contribution in [0.1, 0.15) is 5.56 Å². The molecule has 0 spiro atoms. The van der Waals surface area contributed by atoms with E-state index in [4.69, 9.17) is 45.3 Å². The van der Waals surface area contributed by atoms with Crippen molar-refractivity contribution >= 4 is 34.8 Å². The molecule has 0 aliphatic heterocycles. The van der Waals surface area contributed by atoms with Crippen LogP contribution in [0.2, 0.25) is 15.1 Å². The van der Waals surface area contributed by atoms with Gasteiger partial charge in [-0.15, -0.1) is 0 Å². The number of rotatable bonds is 3. The van der Waals surface area contributed by atoms with E-state index in [-0.39, 0.29) is 5.88 Å². The Balaban J connectivity index is 2.26. The van der Waals surface area contributed by atoms with Gasteiger partial charge in [0.1, 0.15) is 10.8 Å². The van der Waals surface area contributed by atoms with Crippen LogP contribution in [0, 0.1) is 0 Å². The van der Waals surface area contributed by atoms with Gasteiger partial charge < -0.3 is 10.5 Å². The zero-order valence-electron chi connectivity index (χ0n) is 9.16. The number of halogens is 3. The van der Waals surface area contributed by atoms with Crippen molar-refractivity contribution in [2.24, 2.45) is 5.73 Å². The Labute approximate surface area is 119 Å². The molecule has 0 bridgehead atoms. The first-order chi connectivity index (χ1) is 8.60. The van der Waals surface area contributed by atoms with E-state index < -0.39 is 0 Å². The minimum absolute atomic E-state index is 0.276. The highest BCUT2D eigenvalue weighted by Crippen LogP contribution is 2.31. The molecule has 1 aromatic carbocycles. The molecule has 1 heterocycles. The lowest BCUT2D eigenvalue weighted by Gasteiger charge is -2.08. The lowest BCUT2D eigenvalue weighted by Crippen LogP contribution is -1.97. The van der Waals surface area contributed by atoms with E-state index in [1.54, 1.807) is 24.3 Å². The largest absolute Gasteiger partial charge is 0.437 e. The van der Waals surface area contributed by atoms with Gasteiger partial charge in [-0.05, 0) is 23.8 Å². The van der Waals surface area contributed by atoms with Crippen LogP contribution in [-0.2, 0) is 6.54 Å². The molecule has 0 unspecified atom stereocenters. The first kappa shape index (κ1) is 13.4. The number of nitrogens with two attached hydrogens (primary N) is 1. The Morgan fingerprint density at radius 1 is 1.11 bits per heavy atom. The second kappa shape index (κ2) is 5.76. The summed E-state index contributed by atoms with van der Waals surface area (Å²) < 4.78 is 5.52. The summed E-state index contributed by atoms with van der Waals surface area (Å²) in [6, 6.07) is 6.76. The molecule has 2 aromatic rings. The summed E-state index contributed by atoms with van der Waals surface area (Å²) in [6.45, 7) is 0.374. The summed E-state index contributed by atoms with van der Waals surface area (Å²) >= 11 is 17.7. The van der Waals surface area contributed by atoms with E-state index >= 15 is 0 Å². The minimum Gasteiger partial charge on any atom is -0.437 e. The predicted octanol–water partition coefficient (Wildman–Crippen LogP) is 4.29. The van der Waals surface area contributed by atoms with E-state index in [1.807, 2.05) is 0 Å². The molecule has 6 heteroatoms. The maximum Gasteiger partial charge on any atom is 0.238 e. The Morgan fingerprint density at radius 3 is 2.50 bits per heavy atom. The highest BCUT2D eigenvalue weighted by molar-refractivity contribution is 6.35. The van der Waals surface area contributed by atoms with Gasteiger partial charge >= 0.3 is 0 Å². The lowest BCUT2D eigenvalue weighted by atomic mass is 10.2. The van der Waals surface area contributed by atoms with Gasteiger partial charge in [-0.1, -0.05) is 40.9 Å². The van der Waals surface area contributed by atoms with E-state index in [0.29, 0.717) is 27.4 Å². The van der Waals surface area contributed by atoms with Gasteiger partial charge in [0.05, 0.1) is 5.02 Å². The number of benzene rings is 1. The Kier molecular flexibility index (Phi) is 4.30. The molecule has 0 fully saturated rings. The van der Waals surface area contributed by atoms with Crippen molar-refractivity contribution in [3.05, 3.63) is 51.1 Å². The summed E-state index contributed by atoms with van der Waals surface area (Å²) in [5, 5.41) is 1.32. The average molecular weight is 304 g/mol. The molecule has 0 aliphatic rings. The second-order valence-corrected chi connectivity index (χ2v) is 4.75. The van der Waals surface area contributed by atoms with Crippen molar-refractivity contribution in [2.45, 2.75) is 6.54 Å². The number of ether oxygens (including phenoxy) is 1. The van der Waals surface area contributed by atoms with Crippen LogP contribution < -0.4 is 10.5 Å². The molecule has 2 rings (SSSR count). The number of aromatic nitrogens is 1. The molecule has 94 valence electrons. The third kappa shape index (κ3) is 3.06.